The molecule has 3 aromatic rings. The number of hydrogen-bond acceptors (Lipinski definition) is 4. The molecule has 0 spiro atoms. The molecule has 0 bridgehead atoms. The number of thiophene rings is 1. The Morgan fingerprint density at radius 3 is 2.77 bits per heavy atom. The van der Waals surface area contributed by atoms with Gasteiger partial charge in [-0.15, -0.1) is 11.3 Å². The Labute approximate surface area is 151 Å². The van der Waals surface area contributed by atoms with Gasteiger partial charge in [0, 0.05) is 6.54 Å². The minimum Gasteiger partial charge on any atom is -0.440 e. The average Bonchev–Trinajstić information content (AvgIpc) is 3.23. The van der Waals surface area contributed by atoms with Crippen LogP contribution in [-0.4, -0.2) is 10.9 Å². The molecule has 3 rings (SSSR count). The second-order valence-corrected chi connectivity index (χ2v) is 6.60. The largest absolute Gasteiger partial charge is 0.440 e. The Balaban J connectivity index is 1.62. The van der Waals surface area contributed by atoms with Crippen LogP contribution in [0.5, 0.6) is 0 Å². The van der Waals surface area contributed by atoms with Gasteiger partial charge in [0.25, 0.3) is 0 Å². The third-order valence-electron chi connectivity index (χ3n) is 3.70. The predicted molar refractivity (Wildman–Crippen MR) is 91.5 cm³/mol. The smallest absolute Gasteiger partial charge is 0.416 e. The lowest BCUT2D eigenvalue weighted by molar-refractivity contribution is -0.137. The molecule has 0 aliphatic heterocycles. The summed E-state index contributed by atoms with van der Waals surface area (Å²) < 4.78 is 43.7. The van der Waals surface area contributed by atoms with Crippen LogP contribution in [0.25, 0.3) is 10.8 Å². The van der Waals surface area contributed by atoms with Gasteiger partial charge in [-0.1, -0.05) is 18.2 Å². The maximum Gasteiger partial charge on any atom is 0.416 e. The van der Waals surface area contributed by atoms with Gasteiger partial charge < -0.3 is 9.73 Å². The van der Waals surface area contributed by atoms with Gasteiger partial charge in [-0.3, -0.25) is 4.79 Å². The van der Waals surface area contributed by atoms with E-state index < -0.39 is 11.7 Å². The van der Waals surface area contributed by atoms with Crippen molar-refractivity contribution in [2.45, 2.75) is 26.1 Å². The quantitative estimate of drug-likeness (QED) is 0.704. The van der Waals surface area contributed by atoms with Crippen LogP contribution in [0, 0.1) is 6.92 Å². The highest BCUT2D eigenvalue weighted by Gasteiger charge is 2.30. The molecule has 0 aliphatic rings. The number of rotatable bonds is 5. The van der Waals surface area contributed by atoms with Crippen molar-refractivity contribution < 1.29 is 22.4 Å². The van der Waals surface area contributed by atoms with Crippen LogP contribution >= 0.6 is 11.3 Å². The number of aromatic nitrogens is 1. The van der Waals surface area contributed by atoms with E-state index in [9.17, 15) is 18.0 Å². The molecule has 136 valence electrons. The molecule has 26 heavy (non-hydrogen) atoms. The number of halogens is 3. The molecule has 0 saturated heterocycles. The van der Waals surface area contributed by atoms with Crippen molar-refractivity contribution in [1.82, 2.24) is 10.3 Å². The van der Waals surface area contributed by atoms with Gasteiger partial charge in [0.15, 0.2) is 0 Å². The lowest BCUT2D eigenvalue weighted by Gasteiger charge is -2.09. The lowest BCUT2D eigenvalue weighted by Crippen LogP contribution is -2.25. The van der Waals surface area contributed by atoms with Crippen LogP contribution in [-0.2, 0) is 23.9 Å². The Kier molecular flexibility index (Phi) is 5.13. The number of hydrogen-bond donors (Lipinski definition) is 1. The number of carbonyl (C=O) groups is 1. The molecule has 8 heteroatoms. The molecule has 1 N–H and O–H groups in total. The van der Waals surface area contributed by atoms with E-state index >= 15 is 0 Å². The first-order valence-corrected chi connectivity index (χ1v) is 8.64. The third-order valence-corrected chi connectivity index (χ3v) is 4.55. The van der Waals surface area contributed by atoms with E-state index in [1.807, 2.05) is 17.5 Å². The predicted octanol–water partition coefficient (Wildman–Crippen LogP) is 4.59. The number of benzene rings is 1. The van der Waals surface area contributed by atoms with E-state index in [0.29, 0.717) is 22.9 Å². The monoisotopic (exact) mass is 380 g/mol. The van der Waals surface area contributed by atoms with Crippen molar-refractivity contribution >= 4 is 17.2 Å². The van der Waals surface area contributed by atoms with Gasteiger partial charge in [-0.2, -0.15) is 13.2 Å². The summed E-state index contributed by atoms with van der Waals surface area (Å²) in [6.07, 6.45) is -4.41. The molecule has 0 unspecified atom stereocenters. The van der Waals surface area contributed by atoms with Crippen LogP contribution in [0.1, 0.15) is 22.6 Å². The zero-order valence-electron chi connectivity index (χ0n) is 13.8. The first kappa shape index (κ1) is 18.2. The zero-order chi connectivity index (χ0) is 18.7. The first-order valence-electron chi connectivity index (χ1n) is 7.76. The molecule has 2 heterocycles. The molecule has 0 atom stereocenters. The summed E-state index contributed by atoms with van der Waals surface area (Å²) in [5, 5.41) is 4.51. The SMILES string of the molecule is Cc1oc(-c2cccs2)nc1CC(=O)NCc1cccc(C(F)(F)F)c1. The molecular formula is C18H15F3N2O2S. The van der Waals surface area contributed by atoms with Crippen molar-refractivity contribution in [2.24, 2.45) is 0 Å². The summed E-state index contributed by atoms with van der Waals surface area (Å²) >= 11 is 1.48. The maximum absolute atomic E-state index is 12.7. The van der Waals surface area contributed by atoms with E-state index in [2.05, 4.69) is 10.3 Å². The highest BCUT2D eigenvalue weighted by molar-refractivity contribution is 7.13. The summed E-state index contributed by atoms with van der Waals surface area (Å²) in [4.78, 5) is 17.3. The second-order valence-electron chi connectivity index (χ2n) is 5.65. The zero-order valence-corrected chi connectivity index (χ0v) is 14.6. The standard InChI is InChI=1S/C18H15F3N2O2S/c1-11-14(23-17(25-11)15-6-3-7-26-15)9-16(24)22-10-12-4-2-5-13(8-12)18(19,20)21/h2-8H,9-10H2,1H3,(H,22,24). The fraction of sp³-hybridized carbons (Fsp3) is 0.222. The Morgan fingerprint density at radius 2 is 2.08 bits per heavy atom. The molecule has 0 fully saturated rings. The number of amides is 1. The number of alkyl halides is 3. The van der Waals surface area contributed by atoms with Crippen molar-refractivity contribution in [3.05, 3.63) is 64.4 Å². The van der Waals surface area contributed by atoms with Gasteiger partial charge in [-0.25, -0.2) is 4.98 Å². The Hall–Kier alpha value is -2.61. The molecular weight excluding hydrogens is 365 g/mol. The van der Waals surface area contributed by atoms with Crippen molar-refractivity contribution in [2.75, 3.05) is 0 Å². The van der Waals surface area contributed by atoms with Crippen LogP contribution in [0.4, 0.5) is 13.2 Å². The van der Waals surface area contributed by atoms with Crippen LogP contribution in [0.2, 0.25) is 0 Å². The number of carbonyl (C=O) groups excluding carboxylic acids is 1. The molecule has 0 radical (unpaired) electrons. The fourth-order valence-corrected chi connectivity index (χ4v) is 3.02. The first-order chi connectivity index (χ1) is 12.3. The highest BCUT2D eigenvalue weighted by Crippen LogP contribution is 2.29. The second kappa shape index (κ2) is 7.33. The van der Waals surface area contributed by atoms with Gasteiger partial charge in [-0.05, 0) is 36.1 Å². The third kappa shape index (κ3) is 4.32. The molecule has 1 aromatic carbocycles. The van der Waals surface area contributed by atoms with E-state index in [1.165, 1.54) is 23.5 Å². The Bertz CT molecular complexity index is 902. The minimum absolute atomic E-state index is 0.000327. The Morgan fingerprint density at radius 1 is 1.27 bits per heavy atom. The summed E-state index contributed by atoms with van der Waals surface area (Å²) in [6, 6.07) is 8.62. The number of oxazole rings is 1. The average molecular weight is 380 g/mol. The fourth-order valence-electron chi connectivity index (χ4n) is 2.37. The lowest BCUT2D eigenvalue weighted by atomic mass is 10.1. The van der Waals surface area contributed by atoms with Gasteiger partial charge >= 0.3 is 6.18 Å². The van der Waals surface area contributed by atoms with E-state index in [1.54, 1.807) is 6.92 Å². The summed E-state index contributed by atoms with van der Waals surface area (Å²) in [6.45, 7) is 1.73. The van der Waals surface area contributed by atoms with E-state index in [0.717, 1.165) is 17.0 Å². The van der Waals surface area contributed by atoms with Gasteiger partial charge in [0.1, 0.15) is 5.76 Å². The molecule has 0 aliphatic carbocycles. The molecule has 1 amide bonds. The van der Waals surface area contributed by atoms with Crippen LogP contribution in [0.3, 0.4) is 0 Å². The van der Waals surface area contributed by atoms with Crippen molar-refractivity contribution in [1.29, 1.82) is 0 Å². The number of aryl methyl sites for hydroxylation is 1. The maximum atomic E-state index is 12.7. The van der Waals surface area contributed by atoms with Crippen molar-refractivity contribution in [3.63, 3.8) is 0 Å². The number of nitrogens with one attached hydrogen (secondary N) is 1. The highest BCUT2D eigenvalue weighted by atomic mass is 32.1. The molecule has 4 nitrogen and oxygen atoms in total. The topological polar surface area (TPSA) is 55.1 Å². The number of nitrogens with zero attached hydrogens (tertiary/aromatic N) is 1. The summed E-state index contributed by atoms with van der Waals surface area (Å²) in [5.74, 6) is 0.664. The van der Waals surface area contributed by atoms with E-state index in [4.69, 9.17) is 4.42 Å². The summed E-state index contributed by atoms with van der Waals surface area (Å²) in [5.41, 5.74) is 0.149. The molecule has 0 saturated carbocycles. The van der Waals surface area contributed by atoms with Crippen LogP contribution in [0.15, 0.2) is 46.2 Å². The minimum atomic E-state index is -4.41. The summed E-state index contributed by atoms with van der Waals surface area (Å²) in [7, 11) is 0. The van der Waals surface area contributed by atoms with Gasteiger partial charge in [0.05, 0.1) is 22.6 Å². The molecule has 2 aromatic heterocycles. The van der Waals surface area contributed by atoms with Gasteiger partial charge in [0.2, 0.25) is 11.8 Å². The van der Waals surface area contributed by atoms with Crippen molar-refractivity contribution in [3.8, 4) is 10.8 Å². The van der Waals surface area contributed by atoms with E-state index in [-0.39, 0.29) is 18.9 Å². The van der Waals surface area contributed by atoms with Crippen LogP contribution < -0.4 is 5.32 Å². The normalized spacial score (nSPS) is 11.5.